The fourth-order valence-electron chi connectivity index (χ4n) is 3.93. The fourth-order valence-corrected chi connectivity index (χ4v) is 3.93. The Morgan fingerprint density at radius 3 is 2.71 bits per heavy atom. The summed E-state index contributed by atoms with van der Waals surface area (Å²) in [7, 11) is 1.50. The molecular weight excluding hydrogens is 362 g/mol. The molecule has 9 heteroatoms. The van der Waals surface area contributed by atoms with Crippen molar-refractivity contribution in [3.8, 4) is 11.5 Å². The fraction of sp³-hybridized carbons (Fsp3) is 0.526. The topological polar surface area (TPSA) is 111 Å². The van der Waals surface area contributed by atoms with Gasteiger partial charge in [-0.2, -0.15) is 4.98 Å². The Balaban J connectivity index is 1.72. The molecule has 1 aromatic carbocycles. The highest BCUT2D eigenvalue weighted by atomic mass is 16.5. The first-order valence-corrected chi connectivity index (χ1v) is 9.63. The summed E-state index contributed by atoms with van der Waals surface area (Å²) in [6, 6.07) is 3.28. The van der Waals surface area contributed by atoms with Crippen LogP contribution in [0.15, 0.2) is 12.1 Å². The number of aromatic hydroxyl groups is 1. The van der Waals surface area contributed by atoms with E-state index in [1.807, 2.05) is 0 Å². The zero-order valence-corrected chi connectivity index (χ0v) is 15.9. The molecule has 3 heterocycles. The van der Waals surface area contributed by atoms with Gasteiger partial charge in [0.05, 0.1) is 12.6 Å². The van der Waals surface area contributed by atoms with Gasteiger partial charge in [0.25, 0.3) is 0 Å². The third-order valence-electron chi connectivity index (χ3n) is 5.41. The molecule has 2 fully saturated rings. The number of ether oxygens (including phenoxy) is 1. The molecule has 2 aromatic rings. The lowest BCUT2D eigenvalue weighted by molar-refractivity contribution is 0.133. The molecule has 2 saturated heterocycles. The minimum absolute atomic E-state index is 0.0294. The maximum Gasteiger partial charge on any atom is 0.407 e. The van der Waals surface area contributed by atoms with Crippen LogP contribution in [-0.2, 0) is 0 Å². The smallest absolute Gasteiger partial charge is 0.407 e. The number of phenolic OH excluding ortho intramolecular Hbond substituents is 1. The number of benzene rings is 1. The molecule has 0 radical (unpaired) electrons. The molecular formula is C19H25N5O4. The number of likely N-dealkylation sites (tertiary alicyclic amines) is 1. The van der Waals surface area contributed by atoms with Crippen molar-refractivity contribution in [2.75, 3.05) is 43.5 Å². The van der Waals surface area contributed by atoms with Crippen LogP contribution in [0.4, 0.5) is 16.6 Å². The molecule has 1 amide bonds. The van der Waals surface area contributed by atoms with Gasteiger partial charge in [0.2, 0.25) is 5.95 Å². The van der Waals surface area contributed by atoms with Crippen LogP contribution in [0.2, 0.25) is 0 Å². The van der Waals surface area contributed by atoms with Crippen LogP contribution in [0.1, 0.15) is 25.7 Å². The Hall–Kier alpha value is -2.97. The molecule has 150 valence electrons. The van der Waals surface area contributed by atoms with Crippen molar-refractivity contribution in [2.45, 2.75) is 31.7 Å². The molecule has 0 aliphatic carbocycles. The van der Waals surface area contributed by atoms with E-state index in [4.69, 9.17) is 9.72 Å². The van der Waals surface area contributed by atoms with Crippen molar-refractivity contribution < 1.29 is 19.7 Å². The second-order valence-corrected chi connectivity index (χ2v) is 7.32. The van der Waals surface area contributed by atoms with Crippen LogP contribution in [0.5, 0.6) is 11.5 Å². The minimum Gasteiger partial charge on any atom is -0.504 e. The number of nitrogens with one attached hydrogen (secondary N) is 1. The van der Waals surface area contributed by atoms with E-state index in [0.29, 0.717) is 36.1 Å². The van der Waals surface area contributed by atoms with E-state index in [-0.39, 0.29) is 11.8 Å². The Morgan fingerprint density at radius 1 is 1.21 bits per heavy atom. The number of hydrogen-bond donors (Lipinski definition) is 3. The van der Waals surface area contributed by atoms with Gasteiger partial charge >= 0.3 is 6.09 Å². The molecule has 2 aliphatic heterocycles. The second kappa shape index (κ2) is 7.57. The summed E-state index contributed by atoms with van der Waals surface area (Å²) in [4.78, 5) is 24.3. The zero-order valence-electron chi connectivity index (χ0n) is 15.9. The highest BCUT2D eigenvalue weighted by molar-refractivity contribution is 5.92. The number of phenols is 1. The quantitative estimate of drug-likeness (QED) is 0.734. The molecule has 9 nitrogen and oxygen atoms in total. The third kappa shape index (κ3) is 3.56. The Kier molecular flexibility index (Phi) is 4.97. The number of aromatic nitrogens is 2. The van der Waals surface area contributed by atoms with Crippen molar-refractivity contribution in [3.63, 3.8) is 0 Å². The van der Waals surface area contributed by atoms with Gasteiger partial charge in [-0.25, -0.2) is 9.78 Å². The largest absolute Gasteiger partial charge is 0.504 e. The summed E-state index contributed by atoms with van der Waals surface area (Å²) in [6.07, 6.45) is 2.98. The Morgan fingerprint density at radius 2 is 2.00 bits per heavy atom. The van der Waals surface area contributed by atoms with E-state index < -0.39 is 6.09 Å². The van der Waals surface area contributed by atoms with E-state index >= 15 is 0 Å². The van der Waals surface area contributed by atoms with E-state index in [1.54, 1.807) is 12.1 Å². The van der Waals surface area contributed by atoms with Gasteiger partial charge < -0.3 is 30.1 Å². The number of amides is 1. The van der Waals surface area contributed by atoms with Gasteiger partial charge in [-0.15, -0.1) is 0 Å². The maximum absolute atomic E-state index is 11.3. The Labute approximate surface area is 162 Å². The van der Waals surface area contributed by atoms with E-state index in [1.165, 1.54) is 12.0 Å². The standard InChI is InChI=1S/C19H25N5O4/c1-28-16-9-13-14(10-15(16)25)21-18(23-6-2-3-7-23)22-17(13)20-12-5-4-8-24(11-12)19(26)27/h9-10,12,25H,2-8,11H2,1H3,(H,26,27)(H,20,21,22)/t12-/m1/s1. The van der Waals surface area contributed by atoms with Crippen molar-refractivity contribution in [2.24, 2.45) is 0 Å². The van der Waals surface area contributed by atoms with Gasteiger partial charge in [-0.05, 0) is 31.7 Å². The van der Waals surface area contributed by atoms with E-state index in [2.05, 4.69) is 15.2 Å². The molecule has 4 rings (SSSR count). The lowest BCUT2D eigenvalue weighted by atomic mass is 10.1. The number of carboxylic acid groups (broad SMARTS) is 1. The summed E-state index contributed by atoms with van der Waals surface area (Å²) >= 11 is 0. The molecule has 2 aliphatic rings. The lowest BCUT2D eigenvalue weighted by Crippen LogP contribution is -2.44. The van der Waals surface area contributed by atoms with Gasteiger partial charge in [-0.1, -0.05) is 0 Å². The van der Waals surface area contributed by atoms with Crippen molar-refractivity contribution in [3.05, 3.63) is 12.1 Å². The number of fused-ring (bicyclic) bond motifs is 1. The average Bonchev–Trinajstić information content (AvgIpc) is 3.22. The molecule has 1 aromatic heterocycles. The van der Waals surface area contributed by atoms with Crippen LogP contribution < -0.4 is 15.0 Å². The van der Waals surface area contributed by atoms with Gasteiger partial charge in [0.15, 0.2) is 11.5 Å². The zero-order chi connectivity index (χ0) is 19.7. The van der Waals surface area contributed by atoms with Crippen molar-refractivity contribution >= 4 is 28.8 Å². The predicted molar refractivity (Wildman–Crippen MR) is 105 cm³/mol. The van der Waals surface area contributed by atoms with Crippen molar-refractivity contribution in [1.29, 1.82) is 0 Å². The highest BCUT2D eigenvalue weighted by Crippen LogP contribution is 2.35. The average molecular weight is 387 g/mol. The minimum atomic E-state index is -0.900. The number of carbonyl (C=O) groups is 1. The van der Waals surface area contributed by atoms with Crippen LogP contribution >= 0.6 is 0 Å². The normalized spacial score (nSPS) is 19.8. The monoisotopic (exact) mass is 387 g/mol. The number of anilines is 2. The molecule has 3 N–H and O–H groups in total. The molecule has 0 saturated carbocycles. The molecule has 0 unspecified atom stereocenters. The highest BCUT2D eigenvalue weighted by Gasteiger charge is 2.25. The number of rotatable bonds is 4. The number of methoxy groups -OCH3 is 1. The summed E-state index contributed by atoms with van der Waals surface area (Å²) in [6.45, 7) is 2.78. The number of hydrogen-bond acceptors (Lipinski definition) is 7. The first-order valence-electron chi connectivity index (χ1n) is 9.63. The molecule has 0 spiro atoms. The first-order chi connectivity index (χ1) is 13.5. The molecule has 0 bridgehead atoms. The van der Waals surface area contributed by atoms with Gasteiger partial charge in [-0.3, -0.25) is 0 Å². The molecule has 1 atom stereocenters. The van der Waals surface area contributed by atoms with E-state index in [9.17, 15) is 15.0 Å². The third-order valence-corrected chi connectivity index (χ3v) is 5.41. The second-order valence-electron chi connectivity index (χ2n) is 7.32. The lowest BCUT2D eigenvalue weighted by Gasteiger charge is -2.32. The number of piperidine rings is 1. The van der Waals surface area contributed by atoms with Crippen LogP contribution in [-0.4, -0.2) is 70.5 Å². The van der Waals surface area contributed by atoms with Crippen LogP contribution in [0.3, 0.4) is 0 Å². The van der Waals surface area contributed by atoms with Gasteiger partial charge in [0.1, 0.15) is 5.82 Å². The SMILES string of the molecule is COc1cc2c(N[C@@H]3CCCN(C(=O)O)C3)nc(N3CCCC3)nc2cc1O. The van der Waals surface area contributed by atoms with Crippen molar-refractivity contribution in [1.82, 2.24) is 14.9 Å². The summed E-state index contributed by atoms with van der Waals surface area (Å²) < 4.78 is 5.25. The Bertz CT molecular complexity index is 884. The van der Waals surface area contributed by atoms with Gasteiger partial charge in [0, 0.05) is 43.7 Å². The molecule has 28 heavy (non-hydrogen) atoms. The van der Waals surface area contributed by atoms with Crippen LogP contribution in [0.25, 0.3) is 10.9 Å². The predicted octanol–water partition coefficient (Wildman–Crippen LogP) is 2.50. The first kappa shape index (κ1) is 18.4. The summed E-state index contributed by atoms with van der Waals surface area (Å²) in [5, 5.41) is 23.6. The summed E-state index contributed by atoms with van der Waals surface area (Å²) in [5.41, 5.74) is 0.628. The number of nitrogens with zero attached hydrogens (tertiary/aromatic N) is 4. The summed E-state index contributed by atoms with van der Waals surface area (Å²) in [5.74, 6) is 1.65. The van der Waals surface area contributed by atoms with E-state index in [0.717, 1.165) is 44.2 Å². The maximum atomic E-state index is 11.3. The van der Waals surface area contributed by atoms with Crippen LogP contribution in [0, 0.1) is 0 Å².